The molecule has 3 heteroatoms. The quantitative estimate of drug-likeness (QED) is 0.628. The molecule has 2 fully saturated rings. The molecule has 2 heterocycles. The zero-order chi connectivity index (χ0) is 9.97. The van der Waals surface area contributed by atoms with Crippen molar-refractivity contribution in [2.45, 2.75) is 31.2 Å². The van der Waals surface area contributed by atoms with Crippen molar-refractivity contribution in [1.29, 1.82) is 0 Å². The highest BCUT2D eigenvalue weighted by atomic mass is 16.6. The molecule has 78 valence electrons. The molecule has 0 aromatic heterocycles. The standard InChI is InChI=1S/C11H16O3/c1-3-12-7-8-5-11-10(13-4-2)6-9(8)14-11/h3-4,8-11H,1-2,5-7H2/t8?,9-,10?,11?/m1/s1. The predicted molar refractivity (Wildman–Crippen MR) is 52.6 cm³/mol. The van der Waals surface area contributed by atoms with Crippen LogP contribution in [0.2, 0.25) is 0 Å². The number of rotatable bonds is 5. The second-order valence-electron chi connectivity index (χ2n) is 3.79. The number of ether oxygens (including phenoxy) is 3. The Morgan fingerprint density at radius 2 is 2.07 bits per heavy atom. The first-order valence-corrected chi connectivity index (χ1v) is 4.99. The summed E-state index contributed by atoms with van der Waals surface area (Å²) < 4.78 is 16.3. The average molecular weight is 196 g/mol. The van der Waals surface area contributed by atoms with Gasteiger partial charge in [-0.25, -0.2) is 0 Å². The molecule has 0 amide bonds. The lowest BCUT2D eigenvalue weighted by Gasteiger charge is -2.23. The molecule has 0 aliphatic carbocycles. The molecule has 0 saturated carbocycles. The van der Waals surface area contributed by atoms with Crippen LogP contribution < -0.4 is 0 Å². The van der Waals surface area contributed by atoms with Crippen LogP contribution in [0.3, 0.4) is 0 Å². The van der Waals surface area contributed by atoms with Gasteiger partial charge >= 0.3 is 0 Å². The van der Waals surface area contributed by atoms with Gasteiger partial charge in [-0.05, 0) is 6.42 Å². The minimum Gasteiger partial charge on any atom is -0.501 e. The molecule has 2 bridgehead atoms. The van der Waals surface area contributed by atoms with E-state index >= 15 is 0 Å². The van der Waals surface area contributed by atoms with E-state index < -0.39 is 0 Å². The van der Waals surface area contributed by atoms with Crippen LogP contribution in [0.15, 0.2) is 25.7 Å². The first-order valence-electron chi connectivity index (χ1n) is 4.99. The molecule has 0 N–H and O–H groups in total. The molecule has 4 atom stereocenters. The van der Waals surface area contributed by atoms with Gasteiger partial charge in [0.25, 0.3) is 0 Å². The van der Waals surface area contributed by atoms with Gasteiger partial charge in [-0.1, -0.05) is 13.2 Å². The molecular weight excluding hydrogens is 180 g/mol. The topological polar surface area (TPSA) is 27.7 Å². The molecule has 14 heavy (non-hydrogen) atoms. The maximum Gasteiger partial charge on any atom is 0.126 e. The van der Waals surface area contributed by atoms with Crippen LogP contribution in [0, 0.1) is 5.92 Å². The molecule has 0 aromatic carbocycles. The second kappa shape index (κ2) is 4.05. The Kier molecular flexibility index (Phi) is 2.77. The number of hydrogen-bond donors (Lipinski definition) is 0. The van der Waals surface area contributed by atoms with Crippen LogP contribution in [0.4, 0.5) is 0 Å². The Labute approximate surface area is 84.3 Å². The molecule has 0 spiro atoms. The lowest BCUT2D eigenvalue weighted by molar-refractivity contribution is 0.0442. The zero-order valence-electron chi connectivity index (χ0n) is 8.22. The largest absolute Gasteiger partial charge is 0.501 e. The van der Waals surface area contributed by atoms with Crippen molar-refractivity contribution < 1.29 is 14.2 Å². The molecule has 3 unspecified atom stereocenters. The van der Waals surface area contributed by atoms with Gasteiger partial charge in [0.2, 0.25) is 0 Å². The van der Waals surface area contributed by atoms with Gasteiger partial charge in [0, 0.05) is 12.3 Å². The van der Waals surface area contributed by atoms with Gasteiger partial charge in [0.15, 0.2) is 0 Å². The lowest BCUT2D eigenvalue weighted by Crippen LogP contribution is -2.30. The summed E-state index contributed by atoms with van der Waals surface area (Å²) in [7, 11) is 0. The zero-order valence-corrected chi connectivity index (χ0v) is 8.22. The Bertz CT molecular complexity index is 227. The highest BCUT2D eigenvalue weighted by molar-refractivity contribution is 4.96. The summed E-state index contributed by atoms with van der Waals surface area (Å²) in [6.45, 7) is 7.80. The van der Waals surface area contributed by atoms with Gasteiger partial charge in [-0.2, -0.15) is 0 Å². The molecule has 2 rings (SSSR count). The normalized spacial score (nSPS) is 39.4. The van der Waals surface area contributed by atoms with Crippen LogP contribution in [0.5, 0.6) is 0 Å². The molecule has 0 radical (unpaired) electrons. The van der Waals surface area contributed by atoms with Crippen molar-refractivity contribution in [2.24, 2.45) is 5.92 Å². The monoisotopic (exact) mass is 196 g/mol. The van der Waals surface area contributed by atoms with Crippen molar-refractivity contribution >= 4 is 0 Å². The second-order valence-corrected chi connectivity index (χ2v) is 3.79. The predicted octanol–water partition coefficient (Wildman–Crippen LogP) is 1.85. The Balaban J connectivity index is 1.83. The first-order chi connectivity index (χ1) is 6.85. The van der Waals surface area contributed by atoms with Gasteiger partial charge in [0.1, 0.15) is 6.10 Å². The van der Waals surface area contributed by atoms with Crippen LogP contribution in [0.1, 0.15) is 12.8 Å². The third-order valence-electron chi connectivity index (χ3n) is 2.99. The van der Waals surface area contributed by atoms with Gasteiger partial charge in [-0.15, -0.1) is 0 Å². The molecule has 2 aliphatic rings. The van der Waals surface area contributed by atoms with Gasteiger partial charge < -0.3 is 14.2 Å². The van der Waals surface area contributed by atoms with Crippen molar-refractivity contribution in [3.63, 3.8) is 0 Å². The third kappa shape index (κ3) is 1.64. The van der Waals surface area contributed by atoms with E-state index in [2.05, 4.69) is 13.2 Å². The van der Waals surface area contributed by atoms with Crippen molar-refractivity contribution in [1.82, 2.24) is 0 Å². The highest BCUT2D eigenvalue weighted by Gasteiger charge is 2.48. The fourth-order valence-electron chi connectivity index (χ4n) is 2.34. The van der Waals surface area contributed by atoms with E-state index in [1.807, 2.05) is 0 Å². The van der Waals surface area contributed by atoms with Gasteiger partial charge in [0.05, 0.1) is 31.3 Å². The fourth-order valence-corrected chi connectivity index (χ4v) is 2.34. The third-order valence-corrected chi connectivity index (χ3v) is 2.99. The van der Waals surface area contributed by atoms with Gasteiger partial charge in [-0.3, -0.25) is 0 Å². The number of hydrogen-bond acceptors (Lipinski definition) is 3. The summed E-state index contributed by atoms with van der Waals surface area (Å²) in [4.78, 5) is 0. The molecule has 2 saturated heterocycles. The smallest absolute Gasteiger partial charge is 0.126 e. The maximum atomic E-state index is 5.76. The number of fused-ring (bicyclic) bond motifs is 2. The van der Waals surface area contributed by atoms with E-state index in [9.17, 15) is 0 Å². The Morgan fingerprint density at radius 1 is 1.21 bits per heavy atom. The van der Waals surface area contributed by atoms with Crippen LogP contribution >= 0.6 is 0 Å². The van der Waals surface area contributed by atoms with Crippen molar-refractivity contribution in [3.8, 4) is 0 Å². The Morgan fingerprint density at radius 3 is 2.64 bits per heavy atom. The summed E-state index contributed by atoms with van der Waals surface area (Å²) in [5.41, 5.74) is 0. The summed E-state index contributed by atoms with van der Waals surface area (Å²) in [5, 5.41) is 0. The van der Waals surface area contributed by atoms with E-state index in [1.165, 1.54) is 12.5 Å². The molecular formula is C11H16O3. The molecule has 0 aromatic rings. The lowest BCUT2D eigenvalue weighted by atomic mass is 9.88. The molecule has 3 nitrogen and oxygen atoms in total. The van der Waals surface area contributed by atoms with Crippen LogP contribution in [0.25, 0.3) is 0 Å². The van der Waals surface area contributed by atoms with E-state index in [1.54, 1.807) is 0 Å². The summed E-state index contributed by atoms with van der Waals surface area (Å²) in [5.74, 6) is 0.502. The minimum atomic E-state index is 0.206. The van der Waals surface area contributed by atoms with E-state index in [-0.39, 0.29) is 12.2 Å². The van der Waals surface area contributed by atoms with E-state index in [0.717, 1.165) is 12.8 Å². The van der Waals surface area contributed by atoms with Crippen LogP contribution in [-0.4, -0.2) is 24.9 Å². The van der Waals surface area contributed by atoms with Crippen molar-refractivity contribution in [3.05, 3.63) is 25.7 Å². The minimum absolute atomic E-state index is 0.206. The SMILES string of the molecule is C=COCC1CC2O[C@@H]1CC2OC=C. The first kappa shape index (κ1) is 9.59. The molecule has 2 aliphatic heterocycles. The fraction of sp³-hybridized carbons (Fsp3) is 0.636. The van der Waals surface area contributed by atoms with Crippen LogP contribution in [-0.2, 0) is 14.2 Å². The maximum absolute atomic E-state index is 5.76. The summed E-state index contributed by atoms with van der Waals surface area (Å²) >= 11 is 0. The highest BCUT2D eigenvalue weighted by Crippen LogP contribution is 2.40. The summed E-state index contributed by atoms with van der Waals surface area (Å²) in [6, 6.07) is 0. The average Bonchev–Trinajstić information content (AvgIpc) is 2.74. The Hall–Kier alpha value is -0.960. The van der Waals surface area contributed by atoms with Crippen molar-refractivity contribution in [2.75, 3.05) is 6.61 Å². The van der Waals surface area contributed by atoms with E-state index in [4.69, 9.17) is 14.2 Å². The van der Waals surface area contributed by atoms with E-state index in [0.29, 0.717) is 18.6 Å². The summed E-state index contributed by atoms with van der Waals surface area (Å²) in [6.07, 6.45) is 5.71.